The first-order valence-corrected chi connectivity index (χ1v) is 9.39. The third-order valence-electron chi connectivity index (χ3n) is 4.27. The summed E-state index contributed by atoms with van der Waals surface area (Å²) in [6.07, 6.45) is 5.86. The number of esters is 1. The van der Waals surface area contributed by atoms with Gasteiger partial charge in [0.05, 0.1) is 24.2 Å². The highest BCUT2D eigenvalue weighted by molar-refractivity contribution is 7.11. The fourth-order valence-corrected chi connectivity index (χ4v) is 4.09. The normalized spacial score (nSPS) is 13.2. The van der Waals surface area contributed by atoms with Crippen molar-refractivity contribution in [3.63, 3.8) is 0 Å². The number of anilines is 1. The number of nitrogens with one attached hydrogen (secondary N) is 1. The summed E-state index contributed by atoms with van der Waals surface area (Å²) >= 11 is 1.83. The number of rotatable bonds is 6. The minimum absolute atomic E-state index is 0.0924. The second-order valence-electron chi connectivity index (χ2n) is 6.18. The van der Waals surface area contributed by atoms with E-state index in [-0.39, 0.29) is 24.7 Å². The van der Waals surface area contributed by atoms with Crippen LogP contribution in [0.4, 0.5) is 5.69 Å². The fourth-order valence-electron chi connectivity index (χ4n) is 2.90. The monoisotopic (exact) mass is 358 g/mol. The van der Waals surface area contributed by atoms with Crippen LogP contribution in [-0.2, 0) is 33.6 Å². The molecule has 0 atom stereocenters. The first-order valence-electron chi connectivity index (χ1n) is 8.57. The molecule has 1 aromatic carbocycles. The zero-order valence-corrected chi connectivity index (χ0v) is 15.2. The van der Waals surface area contributed by atoms with E-state index in [0.717, 1.165) is 18.5 Å². The summed E-state index contributed by atoms with van der Waals surface area (Å²) in [5.74, 6) is -0.567. The largest absolute Gasteiger partial charge is 0.469 e. The molecule has 0 saturated heterocycles. The molecule has 25 heavy (non-hydrogen) atoms. The number of benzene rings is 1. The smallest absolute Gasteiger partial charge is 0.306 e. The first kappa shape index (κ1) is 17.6. The molecule has 0 bridgehead atoms. The van der Waals surface area contributed by atoms with Gasteiger partial charge in [0.15, 0.2) is 0 Å². The quantitative estimate of drug-likeness (QED) is 0.803. The van der Waals surface area contributed by atoms with Gasteiger partial charge in [-0.15, -0.1) is 11.3 Å². The van der Waals surface area contributed by atoms with Crippen LogP contribution in [-0.4, -0.2) is 24.0 Å². The molecule has 1 aliphatic carbocycles. The lowest BCUT2D eigenvalue weighted by Gasteiger charge is -2.06. The van der Waals surface area contributed by atoms with Crippen molar-refractivity contribution >= 4 is 28.9 Å². The molecule has 0 radical (unpaired) electrons. The van der Waals surface area contributed by atoms with Crippen molar-refractivity contribution < 1.29 is 14.3 Å². The minimum atomic E-state index is -0.378. The fraction of sp³-hybridized carbons (Fsp3) is 0.421. The number of carbonyl (C=O) groups is 2. The molecule has 0 fully saturated rings. The van der Waals surface area contributed by atoms with Crippen molar-refractivity contribution in [2.75, 3.05) is 12.4 Å². The van der Waals surface area contributed by atoms with Gasteiger partial charge in [0, 0.05) is 23.4 Å². The van der Waals surface area contributed by atoms with E-state index in [0.29, 0.717) is 0 Å². The molecule has 0 saturated carbocycles. The molecule has 1 aliphatic rings. The van der Waals surface area contributed by atoms with Crippen LogP contribution in [0.5, 0.6) is 0 Å². The molecule has 0 aliphatic heterocycles. The van der Waals surface area contributed by atoms with Crippen molar-refractivity contribution in [1.29, 1.82) is 0 Å². The number of aromatic nitrogens is 1. The van der Waals surface area contributed by atoms with E-state index < -0.39 is 0 Å². The van der Waals surface area contributed by atoms with Crippen molar-refractivity contribution in [3.05, 3.63) is 45.4 Å². The van der Waals surface area contributed by atoms with Gasteiger partial charge in [-0.1, -0.05) is 12.1 Å². The molecule has 1 amide bonds. The SMILES string of the molecule is COC(=O)CCC(=O)Nc1ccc(Cc2nc3c(s2)CCCC3)cc1. The van der Waals surface area contributed by atoms with Crippen LogP contribution >= 0.6 is 11.3 Å². The van der Waals surface area contributed by atoms with Crippen LogP contribution in [0.1, 0.15) is 46.8 Å². The van der Waals surface area contributed by atoms with E-state index in [9.17, 15) is 9.59 Å². The van der Waals surface area contributed by atoms with Crippen LogP contribution in [0.3, 0.4) is 0 Å². The average molecular weight is 358 g/mol. The van der Waals surface area contributed by atoms with Gasteiger partial charge in [-0.05, 0) is 43.4 Å². The van der Waals surface area contributed by atoms with E-state index in [1.165, 1.54) is 47.5 Å². The van der Waals surface area contributed by atoms with Gasteiger partial charge >= 0.3 is 5.97 Å². The number of fused-ring (bicyclic) bond motifs is 1. The molecule has 0 spiro atoms. The summed E-state index contributed by atoms with van der Waals surface area (Å²) in [7, 11) is 1.32. The molecule has 3 rings (SSSR count). The Morgan fingerprint density at radius 3 is 2.64 bits per heavy atom. The van der Waals surface area contributed by atoms with Crippen LogP contribution in [0.2, 0.25) is 0 Å². The molecule has 1 heterocycles. The molecular weight excluding hydrogens is 336 g/mol. The molecule has 2 aromatic rings. The Balaban J connectivity index is 1.54. The lowest BCUT2D eigenvalue weighted by Crippen LogP contribution is -2.13. The molecule has 6 heteroatoms. The number of nitrogens with zero attached hydrogens (tertiary/aromatic N) is 1. The Hall–Kier alpha value is -2.21. The summed E-state index contributed by atoms with van der Waals surface area (Å²) in [6, 6.07) is 7.80. The lowest BCUT2D eigenvalue weighted by molar-refractivity contribution is -0.141. The van der Waals surface area contributed by atoms with Crippen molar-refractivity contribution in [2.45, 2.75) is 44.9 Å². The highest BCUT2D eigenvalue weighted by Crippen LogP contribution is 2.28. The predicted octanol–water partition coefficient (Wildman–Crippen LogP) is 3.50. The standard InChI is InChI=1S/C19H22N2O3S/c1-24-19(23)11-10-17(22)20-14-8-6-13(7-9-14)12-18-21-15-4-2-3-5-16(15)25-18/h6-9H,2-5,10-12H2,1H3,(H,20,22). The zero-order valence-electron chi connectivity index (χ0n) is 14.3. The van der Waals surface area contributed by atoms with E-state index >= 15 is 0 Å². The third kappa shape index (κ3) is 4.89. The Bertz CT molecular complexity index is 729. The Morgan fingerprint density at radius 2 is 1.92 bits per heavy atom. The highest BCUT2D eigenvalue weighted by Gasteiger charge is 2.15. The Morgan fingerprint density at radius 1 is 1.16 bits per heavy atom. The molecule has 5 nitrogen and oxygen atoms in total. The van der Waals surface area contributed by atoms with E-state index in [2.05, 4.69) is 10.1 Å². The van der Waals surface area contributed by atoms with Crippen LogP contribution < -0.4 is 5.32 Å². The summed E-state index contributed by atoms with van der Waals surface area (Å²) in [4.78, 5) is 29.1. The number of carbonyl (C=O) groups excluding carboxylic acids is 2. The Kier molecular flexibility index (Phi) is 5.81. The van der Waals surface area contributed by atoms with E-state index in [4.69, 9.17) is 4.98 Å². The number of hydrogen-bond donors (Lipinski definition) is 1. The lowest BCUT2D eigenvalue weighted by atomic mass is 10.0. The maximum absolute atomic E-state index is 11.8. The maximum atomic E-state index is 11.8. The second-order valence-corrected chi connectivity index (χ2v) is 7.35. The number of hydrogen-bond acceptors (Lipinski definition) is 5. The molecule has 132 valence electrons. The van der Waals surface area contributed by atoms with Gasteiger partial charge in [0.25, 0.3) is 0 Å². The second kappa shape index (κ2) is 8.25. The van der Waals surface area contributed by atoms with Crippen LogP contribution in [0.15, 0.2) is 24.3 Å². The minimum Gasteiger partial charge on any atom is -0.469 e. The summed E-state index contributed by atoms with van der Waals surface area (Å²) < 4.78 is 4.53. The number of thiazole rings is 1. The molecule has 1 aromatic heterocycles. The van der Waals surface area contributed by atoms with Crippen LogP contribution in [0, 0.1) is 0 Å². The number of aryl methyl sites for hydroxylation is 2. The molecule has 0 unspecified atom stereocenters. The van der Waals surface area contributed by atoms with Gasteiger partial charge in [0.2, 0.25) is 5.91 Å². The van der Waals surface area contributed by atoms with Gasteiger partial charge in [-0.3, -0.25) is 9.59 Å². The van der Waals surface area contributed by atoms with Crippen LogP contribution in [0.25, 0.3) is 0 Å². The summed E-state index contributed by atoms with van der Waals surface area (Å²) in [5, 5.41) is 3.96. The summed E-state index contributed by atoms with van der Waals surface area (Å²) in [5.41, 5.74) is 3.21. The van der Waals surface area contributed by atoms with Gasteiger partial charge < -0.3 is 10.1 Å². The van der Waals surface area contributed by atoms with E-state index in [1.54, 1.807) is 0 Å². The summed E-state index contributed by atoms with van der Waals surface area (Å²) in [6.45, 7) is 0. The Labute approximate surface area is 151 Å². The predicted molar refractivity (Wildman–Crippen MR) is 97.9 cm³/mol. The van der Waals surface area contributed by atoms with Gasteiger partial charge in [-0.25, -0.2) is 4.98 Å². The molecule has 1 N–H and O–H groups in total. The van der Waals surface area contributed by atoms with Crippen molar-refractivity contribution in [2.24, 2.45) is 0 Å². The maximum Gasteiger partial charge on any atom is 0.306 e. The zero-order chi connectivity index (χ0) is 17.6. The average Bonchev–Trinajstić information content (AvgIpc) is 3.03. The number of methoxy groups -OCH3 is 1. The van der Waals surface area contributed by atoms with Crippen molar-refractivity contribution in [1.82, 2.24) is 4.98 Å². The number of amides is 1. The topological polar surface area (TPSA) is 68.3 Å². The van der Waals surface area contributed by atoms with Crippen molar-refractivity contribution in [3.8, 4) is 0 Å². The van der Waals surface area contributed by atoms with Gasteiger partial charge in [0.1, 0.15) is 0 Å². The number of ether oxygens (including phenoxy) is 1. The third-order valence-corrected chi connectivity index (χ3v) is 5.42. The van der Waals surface area contributed by atoms with E-state index in [1.807, 2.05) is 35.6 Å². The molecular formula is C19H22N2O3S. The van der Waals surface area contributed by atoms with Gasteiger partial charge in [-0.2, -0.15) is 0 Å². The highest BCUT2D eigenvalue weighted by atomic mass is 32.1. The first-order chi connectivity index (χ1) is 12.1.